The molecule has 0 saturated heterocycles. The number of hydrogen-bond acceptors (Lipinski definition) is 3. The highest BCUT2D eigenvalue weighted by Gasteiger charge is 2.32. The molecule has 0 aliphatic heterocycles. The molecule has 0 atom stereocenters. The fourth-order valence-corrected chi connectivity index (χ4v) is 3.18. The zero-order valence-electron chi connectivity index (χ0n) is 15.2. The van der Waals surface area contributed by atoms with Crippen LogP contribution in [0.2, 0.25) is 0 Å². The second kappa shape index (κ2) is 7.40. The molecule has 2 aromatic rings. The molecule has 1 aromatic carbocycles. The van der Waals surface area contributed by atoms with E-state index in [4.69, 9.17) is 9.84 Å². The third-order valence-corrected chi connectivity index (χ3v) is 5.04. The lowest BCUT2D eigenvalue weighted by Gasteiger charge is -2.10. The predicted octanol–water partition coefficient (Wildman–Crippen LogP) is 3.15. The number of aromatic nitrogens is 2. The molecule has 0 bridgehead atoms. The van der Waals surface area contributed by atoms with Crippen LogP contribution in [0.15, 0.2) is 30.3 Å². The van der Waals surface area contributed by atoms with Crippen molar-refractivity contribution in [2.45, 2.75) is 50.6 Å². The first kappa shape index (κ1) is 16.9. The molecule has 2 fully saturated rings. The Labute approximate surface area is 153 Å². The Hall–Kier alpha value is -2.50. The second-order valence-corrected chi connectivity index (χ2v) is 7.22. The van der Waals surface area contributed by atoms with Crippen molar-refractivity contribution in [1.82, 2.24) is 20.4 Å². The Morgan fingerprint density at radius 1 is 1.15 bits per heavy atom. The van der Waals surface area contributed by atoms with Crippen molar-refractivity contribution in [2.75, 3.05) is 13.7 Å². The van der Waals surface area contributed by atoms with Gasteiger partial charge in [0.15, 0.2) is 0 Å². The van der Waals surface area contributed by atoms with Gasteiger partial charge in [0, 0.05) is 30.6 Å². The molecule has 6 nitrogen and oxygen atoms in total. The summed E-state index contributed by atoms with van der Waals surface area (Å²) >= 11 is 0. The van der Waals surface area contributed by atoms with E-state index in [0.717, 1.165) is 17.9 Å². The van der Waals surface area contributed by atoms with Crippen LogP contribution in [0.1, 0.15) is 54.5 Å². The van der Waals surface area contributed by atoms with Crippen molar-refractivity contribution in [1.29, 1.82) is 0 Å². The number of carbonyl (C=O) groups is 1. The molecule has 2 saturated carbocycles. The molecule has 2 aliphatic rings. The van der Waals surface area contributed by atoms with Gasteiger partial charge in [-0.25, -0.2) is 4.79 Å². The Morgan fingerprint density at radius 2 is 1.88 bits per heavy atom. The van der Waals surface area contributed by atoms with Crippen molar-refractivity contribution < 1.29 is 9.53 Å². The van der Waals surface area contributed by atoms with Crippen molar-refractivity contribution in [3.8, 4) is 5.75 Å². The van der Waals surface area contributed by atoms with Gasteiger partial charge < -0.3 is 15.4 Å². The lowest BCUT2D eigenvalue weighted by Crippen LogP contribution is -2.37. The Bertz CT molecular complexity index is 761. The van der Waals surface area contributed by atoms with Gasteiger partial charge in [-0.1, -0.05) is 12.1 Å². The third-order valence-electron chi connectivity index (χ3n) is 5.04. The first-order valence-corrected chi connectivity index (χ1v) is 9.45. The van der Waals surface area contributed by atoms with Crippen molar-refractivity contribution >= 4 is 6.03 Å². The summed E-state index contributed by atoms with van der Waals surface area (Å²) in [7, 11) is 1.64. The number of carbonyl (C=O) groups excluding carboxylic acids is 1. The van der Waals surface area contributed by atoms with Gasteiger partial charge >= 0.3 is 6.03 Å². The number of nitrogens with one attached hydrogen (secondary N) is 2. The van der Waals surface area contributed by atoms with Crippen LogP contribution in [0.25, 0.3) is 0 Å². The summed E-state index contributed by atoms with van der Waals surface area (Å²) in [5, 5.41) is 10.6. The SMILES string of the molecule is COc1ccc(CNC(=O)NCCn2nc(C3CC3)cc2C2CC2)cc1. The standard InChI is InChI=1S/C20H26N4O2/c1-26-17-8-2-14(3-9-17)13-22-20(25)21-10-11-24-19(16-6-7-16)12-18(23-24)15-4-5-15/h2-3,8-9,12,15-16H,4-7,10-11,13H2,1H3,(H2,21,22,25). The average molecular weight is 354 g/mol. The van der Waals surface area contributed by atoms with Crippen molar-refractivity contribution in [2.24, 2.45) is 0 Å². The number of benzene rings is 1. The van der Waals surface area contributed by atoms with Crippen molar-refractivity contribution in [3.63, 3.8) is 0 Å². The topological polar surface area (TPSA) is 68.2 Å². The van der Waals surface area contributed by atoms with Gasteiger partial charge in [0.1, 0.15) is 5.75 Å². The fraction of sp³-hybridized carbons (Fsp3) is 0.500. The average Bonchev–Trinajstić information content (AvgIpc) is 3.59. The largest absolute Gasteiger partial charge is 0.497 e. The predicted molar refractivity (Wildman–Crippen MR) is 99.4 cm³/mol. The number of ether oxygens (including phenoxy) is 1. The van der Waals surface area contributed by atoms with Crippen LogP contribution < -0.4 is 15.4 Å². The highest BCUT2D eigenvalue weighted by molar-refractivity contribution is 5.73. The van der Waals surface area contributed by atoms with E-state index in [0.29, 0.717) is 24.9 Å². The third kappa shape index (κ3) is 4.18. The highest BCUT2D eigenvalue weighted by atomic mass is 16.5. The van der Waals surface area contributed by atoms with E-state index in [9.17, 15) is 4.79 Å². The molecule has 1 heterocycles. The zero-order valence-corrected chi connectivity index (χ0v) is 15.2. The summed E-state index contributed by atoms with van der Waals surface area (Å²) in [6, 6.07) is 9.82. The van der Waals surface area contributed by atoms with E-state index in [1.807, 2.05) is 24.3 Å². The van der Waals surface area contributed by atoms with E-state index in [-0.39, 0.29) is 6.03 Å². The maximum Gasteiger partial charge on any atom is 0.315 e. The minimum absolute atomic E-state index is 0.150. The number of hydrogen-bond donors (Lipinski definition) is 2. The molecule has 1 aromatic heterocycles. The van der Waals surface area contributed by atoms with E-state index >= 15 is 0 Å². The number of nitrogens with zero attached hydrogens (tertiary/aromatic N) is 2. The van der Waals surface area contributed by atoms with Gasteiger partial charge in [-0.3, -0.25) is 4.68 Å². The van der Waals surface area contributed by atoms with Crippen LogP contribution in [0, 0.1) is 0 Å². The minimum Gasteiger partial charge on any atom is -0.497 e. The van der Waals surface area contributed by atoms with Gasteiger partial charge in [-0.2, -0.15) is 5.10 Å². The maximum atomic E-state index is 12.0. The first-order chi connectivity index (χ1) is 12.7. The monoisotopic (exact) mass is 354 g/mol. The summed E-state index contributed by atoms with van der Waals surface area (Å²) < 4.78 is 7.24. The van der Waals surface area contributed by atoms with Gasteiger partial charge in [-0.05, 0) is 49.4 Å². The molecule has 2 amide bonds. The van der Waals surface area contributed by atoms with Gasteiger partial charge in [0.05, 0.1) is 19.3 Å². The van der Waals surface area contributed by atoms with E-state index < -0.39 is 0 Å². The maximum absolute atomic E-state index is 12.0. The molecule has 0 spiro atoms. The molecule has 4 rings (SSSR count). The van der Waals surface area contributed by atoms with Crippen LogP contribution in [0.5, 0.6) is 5.75 Å². The van der Waals surface area contributed by atoms with E-state index in [1.165, 1.54) is 37.1 Å². The lowest BCUT2D eigenvalue weighted by atomic mass is 10.2. The number of urea groups is 1. The zero-order chi connectivity index (χ0) is 17.9. The molecule has 0 unspecified atom stereocenters. The lowest BCUT2D eigenvalue weighted by molar-refractivity contribution is 0.240. The van der Waals surface area contributed by atoms with Crippen LogP contribution in [0.4, 0.5) is 4.79 Å². The van der Waals surface area contributed by atoms with Crippen LogP contribution >= 0.6 is 0 Å². The highest BCUT2D eigenvalue weighted by Crippen LogP contribution is 2.44. The van der Waals surface area contributed by atoms with Gasteiger partial charge in [0.25, 0.3) is 0 Å². The van der Waals surface area contributed by atoms with Gasteiger partial charge in [-0.15, -0.1) is 0 Å². The quantitative estimate of drug-likeness (QED) is 0.765. The molecular weight excluding hydrogens is 328 g/mol. The molecule has 0 radical (unpaired) electrons. The normalized spacial score (nSPS) is 16.3. The summed E-state index contributed by atoms with van der Waals surface area (Å²) in [5.41, 5.74) is 3.64. The number of rotatable bonds is 8. The van der Waals surface area contributed by atoms with Crippen LogP contribution in [0.3, 0.4) is 0 Å². The molecular formula is C20H26N4O2. The summed E-state index contributed by atoms with van der Waals surface area (Å²) in [6.45, 7) is 1.81. The summed E-state index contributed by atoms with van der Waals surface area (Å²) in [5.74, 6) is 2.17. The summed E-state index contributed by atoms with van der Waals surface area (Å²) in [6.07, 6.45) is 5.08. The molecule has 26 heavy (non-hydrogen) atoms. The Morgan fingerprint density at radius 3 is 2.54 bits per heavy atom. The first-order valence-electron chi connectivity index (χ1n) is 9.45. The smallest absolute Gasteiger partial charge is 0.315 e. The Balaban J connectivity index is 1.23. The molecule has 2 aliphatic carbocycles. The van der Waals surface area contributed by atoms with Crippen LogP contribution in [-0.4, -0.2) is 29.5 Å². The molecule has 2 N–H and O–H groups in total. The van der Waals surface area contributed by atoms with Gasteiger partial charge in [0.2, 0.25) is 0 Å². The van der Waals surface area contributed by atoms with E-state index in [1.54, 1.807) is 7.11 Å². The molecule has 6 heteroatoms. The van der Waals surface area contributed by atoms with Crippen LogP contribution in [-0.2, 0) is 13.1 Å². The fourth-order valence-electron chi connectivity index (χ4n) is 3.18. The number of amides is 2. The minimum atomic E-state index is -0.150. The molecule has 138 valence electrons. The summed E-state index contributed by atoms with van der Waals surface area (Å²) in [4.78, 5) is 12.0. The van der Waals surface area contributed by atoms with Crippen molar-refractivity contribution in [3.05, 3.63) is 47.3 Å². The number of methoxy groups -OCH3 is 1. The Kier molecular flexibility index (Phi) is 4.82. The van der Waals surface area contributed by atoms with E-state index in [2.05, 4.69) is 21.4 Å². The second-order valence-electron chi connectivity index (χ2n) is 7.22.